The minimum absolute atomic E-state index is 0.0735. The summed E-state index contributed by atoms with van der Waals surface area (Å²) < 4.78 is 12.4. The smallest absolute Gasteiger partial charge is 0.138 e. The molecule has 2 aliphatic heterocycles. The van der Waals surface area contributed by atoms with Crippen LogP contribution in [-0.2, 0) is 12.8 Å². The average Bonchev–Trinajstić information content (AvgIpc) is 3.02. The highest BCUT2D eigenvalue weighted by Gasteiger charge is 2.42. The highest BCUT2D eigenvalue weighted by Crippen LogP contribution is 2.53. The number of benzene rings is 2. The summed E-state index contributed by atoms with van der Waals surface area (Å²) >= 11 is 0. The van der Waals surface area contributed by atoms with Gasteiger partial charge in [-0.15, -0.1) is 0 Å². The van der Waals surface area contributed by atoms with Crippen LogP contribution in [0.15, 0.2) is 47.6 Å². The van der Waals surface area contributed by atoms with Crippen molar-refractivity contribution in [2.24, 2.45) is 0 Å². The average molecular weight is 392 g/mol. The molecule has 4 rings (SSSR count). The molecule has 152 valence electrons. The topological polar surface area (TPSA) is 58.9 Å². The number of hydrogen-bond acceptors (Lipinski definition) is 4. The summed E-state index contributed by atoms with van der Waals surface area (Å²) in [5.74, 6) is 2.02. The molecule has 0 radical (unpaired) electrons. The standard InChI is InChI=1S/C25H28O4/c1-14(2)5-7-16-11-19-20-13-28-24-17(8-6-15(3)4)21(26)10-9-18(24)25(20)29-23(19)12-22(16)27/h5-6,9-12,20,25-27H,7-8,13H2,1-4H3. The van der Waals surface area contributed by atoms with Crippen LogP contribution in [-0.4, -0.2) is 16.8 Å². The molecule has 0 aromatic heterocycles. The van der Waals surface area contributed by atoms with E-state index in [2.05, 4.69) is 26.0 Å². The highest BCUT2D eigenvalue weighted by atomic mass is 16.5. The molecule has 2 heterocycles. The Morgan fingerprint density at radius 2 is 1.69 bits per heavy atom. The lowest BCUT2D eigenvalue weighted by Gasteiger charge is -2.29. The summed E-state index contributed by atoms with van der Waals surface area (Å²) in [6.45, 7) is 8.68. The van der Waals surface area contributed by atoms with Crippen molar-refractivity contribution in [3.8, 4) is 23.0 Å². The fraction of sp³-hybridized carbons (Fsp3) is 0.360. The molecule has 29 heavy (non-hydrogen) atoms. The van der Waals surface area contributed by atoms with Crippen LogP contribution in [0.4, 0.5) is 0 Å². The van der Waals surface area contributed by atoms with E-state index < -0.39 is 0 Å². The van der Waals surface area contributed by atoms with Crippen LogP contribution in [0.5, 0.6) is 23.0 Å². The van der Waals surface area contributed by atoms with Crippen LogP contribution >= 0.6 is 0 Å². The van der Waals surface area contributed by atoms with Crippen molar-refractivity contribution in [3.05, 3.63) is 69.8 Å². The minimum atomic E-state index is -0.169. The number of allylic oxidation sites excluding steroid dienone is 4. The van der Waals surface area contributed by atoms with Gasteiger partial charge in [0, 0.05) is 22.8 Å². The maximum atomic E-state index is 10.4. The molecule has 2 N–H and O–H groups in total. The van der Waals surface area contributed by atoms with E-state index in [1.54, 1.807) is 12.1 Å². The lowest BCUT2D eigenvalue weighted by molar-refractivity contribution is 0.138. The van der Waals surface area contributed by atoms with Gasteiger partial charge in [0.25, 0.3) is 0 Å². The van der Waals surface area contributed by atoms with Gasteiger partial charge < -0.3 is 19.7 Å². The Morgan fingerprint density at radius 1 is 0.966 bits per heavy atom. The summed E-state index contributed by atoms with van der Waals surface area (Å²) in [6.07, 6.45) is 5.34. The van der Waals surface area contributed by atoms with Gasteiger partial charge in [-0.1, -0.05) is 23.3 Å². The fourth-order valence-electron chi connectivity index (χ4n) is 4.05. The molecule has 0 spiro atoms. The maximum absolute atomic E-state index is 10.4. The number of rotatable bonds is 4. The third-order valence-electron chi connectivity index (χ3n) is 5.65. The zero-order valence-corrected chi connectivity index (χ0v) is 17.5. The van der Waals surface area contributed by atoms with Gasteiger partial charge in [0.2, 0.25) is 0 Å². The van der Waals surface area contributed by atoms with E-state index in [4.69, 9.17) is 9.47 Å². The lowest BCUT2D eigenvalue weighted by Crippen LogP contribution is -2.24. The van der Waals surface area contributed by atoms with Gasteiger partial charge in [-0.05, 0) is 64.3 Å². The fourth-order valence-corrected chi connectivity index (χ4v) is 4.05. The molecule has 4 heteroatoms. The largest absolute Gasteiger partial charge is 0.508 e. The quantitative estimate of drug-likeness (QED) is 0.653. The van der Waals surface area contributed by atoms with Crippen LogP contribution < -0.4 is 9.47 Å². The van der Waals surface area contributed by atoms with Crippen molar-refractivity contribution in [1.82, 2.24) is 0 Å². The Morgan fingerprint density at radius 3 is 2.41 bits per heavy atom. The first-order chi connectivity index (χ1) is 13.8. The molecule has 0 saturated carbocycles. The second kappa shape index (κ2) is 7.51. The van der Waals surface area contributed by atoms with Crippen molar-refractivity contribution < 1.29 is 19.7 Å². The van der Waals surface area contributed by atoms with Crippen molar-refractivity contribution in [1.29, 1.82) is 0 Å². The molecule has 0 saturated heterocycles. The van der Waals surface area contributed by atoms with E-state index >= 15 is 0 Å². The molecule has 2 aromatic carbocycles. The van der Waals surface area contributed by atoms with E-state index in [9.17, 15) is 10.2 Å². The van der Waals surface area contributed by atoms with Crippen LogP contribution in [0.25, 0.3) is 0 Å². The molecule has 2 aromatic rings. The summed E-state index contributed by atoms with van der Waals surface area (Å²) in [5.41, 5.74) is 6.15. The molecule has 4 nitrogen and oxygen atoms in total. The Hall–Kier alpha value is -2.88. The predicted octanol–water partition coefficient (Wildman–Crippen LogP) is 5.72. The molecular weight excluding hydrogens is 364 g/mol. The number of ether oxygens (including phenoxy) is 2. The van der Waals surface area contributed by atoms with Crippen LogP contribution in [0.1, 0.15) is 62.0 Å². The third kappa shape index (κ3) is 3.59. The first-order valence-corrected chi connectivity index (χ1v) is 10.1. The lowest BCUT2D eigenvalue weighted by atomic mass is 9.86. The molecule has 0 amide bonds. The number of aromatic hydroxyl groups is 2. The van der Waals surface area contributed by atoms with Crippen molar-refractivity contribution in [3.63, 3.8) is 0 Å². The number of phenols is 2. The molecule has 2 atom stereocenters. The van der Waals surface area contributed by atoms with Crippen molar-refractivity contribution in [2.45, 2.75) is 52.6 Å². The van der Waals surface area contributed by atoms with Gasteiger partial charge in [-0.25, -0.2) is 0 Å². The minimum Gasteiger partial charge on any atom is -0.508 e. The Labute approximate surface area is 172 Å². The molecule has 0 fully saturated rings. The molecule has 0 bridgehead atoms. The third-order valence-corrected chi connectivity index (χ3v) is 5.65. The van der Waals surface area contributed by atoms with Gasteiger partial charge in [0.05, 0.1) is 12.5 Å². The molecular formula is C25H28O4. The molecule has 2 unspecified atom stereocenters. The van der Waals surface area contributed by atoms with Crippen molar-refractivity contribution in [2.75, 3.05) is 6.61 Å². The van der Waals surface area contributed by atoms with Gasteiger partial charge in [-0.3, -0.25) is 0 Å². The summed E-state index contributed by atoms with van der Waals surface area (Å²) in [7, 11) is 0. The van der Waals surface area contributed by atoms with Gasteiger partial charge in [0.1, 0.15) is 29.1 Å². The number of hydrogen-bond donors (Lipinski definition) is 2. The Bertz CT molecular complexity index is 1010. The summed E-state index contributed by atoms with van der Waals surface area (Å²) in [5, 5.41) is 20.8. The van der Waals surface area contributed by atoms with Crippen LogP contribution in [0.3, 0.4) is 0 Å². The summed E-state index contributed by atoms with van der Waals surface area (Å²) in [4.78, 5) is 0. The maximum Gasteiger partial charge on any atom is 0.138 e. The normalized spacial score (nSPS) is 18.6. The Balaban J connectivity index is 1.70. The first kappa shape index (κ1) is 19.4. The zero-order valence-electron chi connectivity index (χ0n) is 17.5. The monoisotopic (exact) mass is 392 g/mol. The second-order valence-corrected chi connectivity index (χ2v) is 8.43. The van der Waals surface area contributed by atoms with E-state index in [-0.39, 0.29) is 23.5 Å². The van der Waals surface area contributed by atoms with Crippen LogP contribution in [0, 0.1) is 0 Å². The Kier molecular flexibility index (Phi) is 5.03. The van der Waals surface area contributed by atoms with E-state index in [0.717, 1.165) is 28.0 Å². The number of fused-ring (bicyclic) bond motifs is 5. The van der Waals surface area contributed by atoms with E-state index in [0.29, 0.717) is 25.2 Å². The molecule has 2 aliphatic rings. The van der Waals surface area contributed by atoms with Crippen LogP contribution in [0.2, 0.25) is 0 Å². The number of phenolic OH excluding ortho intramolecular Hbond substituents is 2. The van der Waals surface area contributed by atoms with Crippen molar-refractivity contribution >= 4 is 0 Å². The zero-order chi connectivity index (χ0) is 20.7. The van der Waals surface area contributed by atoms with Gasteiger partial charge >= 0.3 is 0 Å². The van der Waals surface area contributed by atoms with E-state index in [1.165, 1.54) is 11.1 Å². The molecule has 0 aliphatic carbocycles. The van der Waals surface area contributed by atoms with E-state index in [1.807, 2.05) is 26.0 Å². The van der Waals surface area contributed by atoms with Gasteiger partial charge in [-0.2, -0.15) is 0 Å². The predicted molar refractivity (Wildman–Crippen MR) is 114 cm³/mol. The SMILES string of the molecule is CC(C)=CCc1cc2c(cc1O)OC1c3ccc(O)c(CC=C(C)C)c3OCC21. The van der Waals surface area contributed by atoms with Gasteiger partial charge in [0.15, 0.2) is 0 Å². The second-order valence-electron chi connectivity index (χ2n) is 8.43. The first-order valence-electron chi connectivity index (χ1n) is 10.1. The highest BCUT2D eigenvalue weighted by molar-refractivity contribution is 5.58. The summed E-state index contributed by atoms with van der Waals surface area (Å²) in [6, 6.07) is 7.39.